The van der Waals surface area contributed by atoms with Gasteiger partial charge in [-0.15, -0.1) is 0 Å². The average Bonchev–Trinajstić information content (AvgIpc) is 2.37. The predicted molar refractivity (Wildman–Crippen MR) is 64.2 cm³/mol. The van der Waals surface area contributed by atoms with Crippen LogP contribution in [0.3, 0.4) is 0 Å². The molecule has 1 aliphatic rings. The number of hydrogen-bond acceptors (Lipinski definition) is 4. The molecule has 5 nitrogen and oxygen atoms in total. The van der Waals surface area contributed by atoms with E-state index in [9.17, 15) is 9.59 Å². The van der Waals surface area contributed by atoms with Crippen molar-refractivity contribution in [3.63, 3.8) is 0 Å². The molecule has 1 heterocycles. The fraction of sp³-hybridized carbons (Fsp3) is 0.833. The van der Waals surface area contributed by atoms with Gasteiger partial charge >= 0.3 is 5.97 Å². The Kier molecular flexibility index (Phi) is 5.41. The molecule has 0 radical (unpaired) electrons. The Hall–Kier alpha value is -1.10. The zero-order valence-electron chi connectivity index (χ0n) is 10.6. The number of rotatable bonds is 4. The third kappa shape index (κ3) is 3.70. The lowest BCUT2D eigenvalue weighted by Gasteiger charge is -2.32. The number of nitrogens with two attached hydrogens (primary N) is 1. The molecule has 0 saturated carbocycles. The lowest BCUT2D eigenvalue weighted by molar-refractivity contribution is -0.149. The Morgan fingerprint density at radius 2 is 2.00 bits per heavy atom. The van der Waals surface area contributed by atoms with Gasteiger partial charge in [0.2, 0.25) is 5.91 Å². The van der Waals surface area contributed by atoms with Gasteiger partial charge in [-0.05, 0) is 19.3 Å². The minimum atomic E-state index is -0.394. The van der Waals surface area contributed by atoms with E-state index < -0.39 is 6.04 Å². The normalized spacial score (nSPS) is 18.9. The number of esters is 1. The summed E-state index contributed by atoms with van der Waals surface area (Å²) in [4.78, 5) is 25.0. The summed E-state index contributed by atoms with van der Waals surface area (Å²) in [5, 5.41) is 0. The van der Waals surface area contributed by atoms with Crippen molar-refractivity contribution in [3.05, 3.63) is 0 Å². The summed E-state index contributed by atoms with van der Waals surface area (Å²) in [5.41, 5.74) is 5.80. The second-order valence-electron chi connectivity index (χ2n) is 4.52. The van der Waals surface area contributed by atoms with Crippen LogP contribution in [0, 0.1) is 5.92 Å². The highest BCUT2D eigenvalue weighted by Crippen LogP contribution is 2.19. The van der Waals surface area contributed by atoms with Crippen LogP contribution in [-0.4, -0.2) is 43.0 Å². The number of carbonyl (C=O) groups excluding carboxylic acids is 2. The van der Waals surface area contributed by atoms with Crippen molar-refractivity contribution in [2.75, 3.05) is 20.2 Å². The Balaban J connectivity index is 2.41. The average molecular weight is 242 g/mol. The highest BCUT2D eigenvalue weighted by molar-refractivity contribution is 5.82. The molecule has 1 unspecified atom stereocenters. The summed E-state index contributed by atoms with van der Waals surface area (Å²) in [6, 6.07) is -0.394. The van der Waals surface area contributed by atoms with E-state index in [1.54, 1.807) is 4.90 Å². The molecule has 1 amide bonds. The smallest absolute Gasteiger partial charge is 0.308 e. The van der Waals surface area contributed by atoms with E-state index >= 15 is 0 Å². The highest BCUT2D eigenvalue weighted by atomic mass is 16.5. The van der Waals surface area contributed by atoms with Gasteiger partial charge in [0, 0.05) is 13.1 Å². The molecular weight excluding hydrogens is 220 g/mol. The number of nitrogens with zero attached hydrogens (tertiary/aromatic N) is 1. The number of hydrogen-bond donors (Lipinski definition) is 1. The molecule has 5 heteroatoms. The van der Waals surface area contributed by atoms with Crippen LogP contribution < -0.4 is 5.73 Å². The standard InChI is InChI=1S/C12H22N2O3/c1-3-4-10(13)11(15)14-7-5-9(6-8-14)12(16)17-2/h9-10H,3-8,13H2,1-2H3. The van der Waals surface area contributed by atoms with Crippen molar-refractivity contribution in [2.24, 2.45) is 11.7 Å². The number of carbonyl (C=O) groups is 2. The van der Waals surface area contributed by atoms with Gasteiger partial charge in [-0.1, -0.05) is 13.3 Å². The number of likely N-dealkylation sites (tertiary alicyclic amines) is 1. The number of methoxy groups -OCH3 is 1. The van der Waals surface area contributed by atoms with Crippen LogP contribution in [0.1, 0.15) is 32.6 Å². The molecule has 0 bridgehead atoms. The predicted octanol–water partition coefficient (Wildman–Crippen LogP) is 0.525. The first-order chi connectivity index (χ1) is 8.10. The van der Waals surface area contributed by atoms with Gasteiger partial charge in [-0.2, -0.15) is 0 Å². The van der Waals surface area contributed by atoms with Crippen molar-refractivity contribution >= 4 is 11.9 Å². The van der Waals surface area contributed by atoms with E-state index in [0.717, 1.165) is 12.8 Å². The first-order valence-corrected chi connectivity index (χ1v) is 6.22. The Morgan fingerprint density at radius 3 is 2.47 bits per heavy atom. The number of amides is 1. The maximum atomic E-state index is 11.9. The van der Waals surface area contributed by atoms with Crippen molar-refractivity contribution in [1.82, 2.24) is 4.90 Å². The SMILES string of the molecule is CCCC(N)C(=O)N1CCC(C(=O)OC)CC1. The van der Waals surface area contributed by atoms with Crippen LogP contribution in [-0.2, 0) is 14.3 Å². The van der Waals surface area contributed by atoms with Gasteiger partial charge in [-0.3, -0.25) is 9.59 Å². The molecule has 1 fully saturated rings. The summed E-state index contributed by atoms with van der Waals surface area (Å²) < 4.78 is 4.70. The van der Waals surface area contributed by atoms with E-state index in [1.807, 2.05) is 6.92 Å². The van der Waals surface area contributed by atoms with E-state index in [4.69, 9.17) is 10.5 Å². The molecular formula is C12H22N2O3. The monoisotopic (exact) mass is 242 g/mol. The van der Waals surface area contributed by atoms with Crippen molar-refractivity contribution in [2.45, 2.75) is 38.6 Å². The molecule has 17 heavy (non-hydrogen) atoms. The summed E-state index contributed by atoms with van der Waals surface area (Å²) in [6.45, 7) is 3.22. The van der Waals surface area contributed by atoms with Crippen LogP contribution in [0.5, 0.6) is 0 Å². The molecule has 98 valence electrons. The van der Waals surface area contributed by atoms with Crippen LogP contribution in [0.4, 0.5) is 0 Å². The highest BCUT2D eigenvalue weighted by Gasteiger charge is 2.29. The topological polar surface area (TPSA) is 72.6 Å². The first kappa shape index (κ1) is 14.0. The van der Waals surface area contributed by atoms with Gasteiger partial charge in [-0.25, -0.2) is 0 Å². The summed E-state index contributed by atoms with van der Waals surface area (Å²) >= 11 is 0. The maximum absolute atomic E-state index is 11.9. The molecule has 0 aromatic heterocycles. The Bertz CT molecular complexity index is 273. The summed E-state index contributed by atoms with van der Waals surface area (Å²) in [6.07, 6.45) is 2.98. The third-order valence-electron chi connectivity index (χ3n) is 3.26. The number of ether oxygens (including phenoxy) is 1. The second-order valence-corrected chi connectivity index (χ2v) is 4.52. The van der Waals surface area contributed by atoms with Gasteiger partial charge in [0.05, 0.1) is 19.1 Å². The molecule has 1 rings (SSSR count). The van der Waals surface area contributed by atoms with Gasteiger partial charge in [0.1, 0.15) is 0 Å². The van der Waals surface area contributed by atoms with Gasteiger partial charge < -0.3 is 15.4 Å². The van der Waals surface area contributed by atoms with Gasteiger partial charge in [0.15, 0.2) is 0 Å². The van der Waals surface area contributed by atoms with Crippen molar-refractivity contribution in [3.8, 4) is 0 Å². The molecule has 0 aromatic carbocycles. The van der Waals surface area contributed by atoms with E-state index in [2.05, 4.69) is 0 Å². The first-order valence-electron chi connectivity index (χ1n) is 6.22. The summed E-state index contributed by atoms with van der Waals surface area (Å²) in [5.74, 6) is -0.225. The molecule has 1 aliphatic heterocycles. The second kappa shape index (κ2) is 6.59. The lowest BCUT2D eigenvalue weighted by atomic mass is 9.96. The summed E-state index contributed by atoms with van der Waals surface area (Å²) in [7, 11) is 1.40. The van der Waals surface area contributed by atoms with Crippen LogP contribution in [0.15, 0.2) is 0 Å². The van der Waals surface area contributed by atoms with Crippen LogP contribution in [0.2, 0.25) is 0 Å². The quantitative estimate of drug-likeness (QED) is 0.730. The fourth-order valence-electron chi connectivity index (χ4n) is 2.17. The lowest BCUT2D eigenvalue weighted by Crippen LogP contribution is -2.47. The zero-order valence-corrected chi connectivity index (χ0v) is 10.6. The van der Waals surface area contributed by atoms with Crippen molar-refractivity contribution < 1.29 is 14.3 Å². The van der Waals surface area contributed by atoms with Gasteiger partial charge in [0.25, 0.3) is 0 Å². The number of piperidine rings is 1. The van der Waals surface area contributed by atoms with Crippen LogP contribution in [0.25, 0.3) is 0 Å². The maximum Gasteiger partial charge on any atom is 0.308 e. The Morgan fingerprint density at radius 1 is 1.41 bits per heavy atom. The molecule has 0 aliphatic carbocycles. The molecule has 1 saturated heterocycles. The Labute approximate surface area is 102 Å². The van der Waals surface area contributed by atoms with Crippen molar-refractivity contribution in [1.29, 1.82) is 0 Å². The molecule has 0 spiro atoms. The third-order valence-corrected chi connectivity index (χ3v) is 3.26. The molecule has 2 N–H and O–H groups in total. The fourth-order valence-corrected chi connectivity index (χ4v) is 2.17. The molecule has 1 atom stereocenters. The zero-order chi connectivity index (χ0) is 12.8. The van der Waals surface area contributed by atoms with E-state index in [1.165, 1.54) is 7.11 Å². The largest absolute Gasteiger partial charge is 0.469 e. The minimum Gasteiger partial charge on any atom is -0.469 e. The van der Waals surface area contributed by atoms with E-state index in [-0.39, 0.29) is 17.8 Å². The molecule has 0 aromatic rings. The van der Waals surface area contributed by atoms with E-state index in [0.29, 0.717) is 25.9 Å². The van der Waals surface area contributed by atoms with Crippen LogP contribution >= 0.6 is 0 Å². The minimum absolute atomic E-state index is 0.00941.